The Morgan fingerprint density at radius 2 is 1.81 bits per heavy atom. The fourth-order valence-electron chi connectivity index (χ4n) is 3.51. The predicted octanol–water partition coefficient (Wildman–Crippen LogP) is 1.73. The van der Waals surface area contributed by atoms with Gasteiger partial charge in [-0.15, -0.1) is 0 Å². The molecule has 21 heavy (non-hydrogen) atoms. The normalized spacial score (nSPS) is 31.7. The molecule has 0 aromatic heterocycles. The molecule has 0 radical (unpaired) electrons. The van der Waals surface area contributed by atoms with E-state index in [-0.39, 0.29) is 6.04 Å². The lowest BCUT2D eigenvalue weighted by atomic mass is 9.85. The van der Waals surface area contributed by atoms with Crippen LogP contribution in [0.25, 0.3) is 0 Å². The molecule has 2 aliphatic carbocycles. The summed E-state index contributed by atoms with van der Waals surface area (Å²) in [5.41, 5.74) is -1.000. The Hall–Kier alpha value is -0.660. The lowest BCUT2D eigenvalue weighted by Gasteiger charge is -2.33. The van der Waals surface area contributed by atoms with Crippen molar-refractivity contribution < 1.29 is 18.3 Å². The zero-order chi connectivity index (χ0) is 15.7. The van der Waals surface area contributed by atoms with Gasteiger partial charge in [-0.2, -0.15) is 17.4 Å². The maximum Gasteiger partial charge on any atom is 0.310 e. The van der Waals surface area contributed by atoms with Gasteiger partial charge in [0.05, 0.1) is 5.41 Å². The number of hydrogen-bond donors (Lipinski definition) is 2. The van der Waals surface area contributed by atoms with E-state index >= 15 is 0 Å². The summed E-state index contributed by atoms with van der Waals surface area (Å²) in [6, 6.07) is -0.486. The second-order valence-corrected chi connectivity index (χ2v) is 8.36. The minimum absolute atomic E-state index is 0.0359. The van der Waals surface area contributed by atoms with Crippen molar-refractivity contribution in [3.05, 3.63) is 0 Å². The van der Waals surface area contributed by atoms with Crippen molar-refractivity contribution in [2.45, 2.75) is 70.4 Å². The van der Waals surface area contributed by atoms with Crippen LogP contribution in [0.4, 0.5) is 0 Å². The first-order valence-corrected chi connectivity index (χ1v) is 9.20. The Kier molecular flexibility index (Phi) is 4.95. The molecule has 0 spiro atoms. The van der Waals surface area contributed by atoms with Gasteiger partial charge in [-0.05, 0) is 32.6 Å². The van der Waals surface area contributed by atoms with Crippen LogP contribution < -0.4 is 4.72 Å². The maximum atomic E-state index is 12.5. The van der Waals surface area contributed by atoms with E-state index in [0.717, 1.165) is 38.5 Å². The fourth-order valence-corrected chi connectivity index (χ4v) is 5.02. The summed E-state index contributed by atoms with van der Waals surface area (Å²) in [5, 5.41) is 9.38. The van der Waals surface area contributed by atoms with E-state index in [1.165, 1.54) is 4.31 Å². The molecule has 0 amide bonds. The molecule has 2 rings (SSSR count). The van der Waals surface area contributed by atoms with Gasteiger partial charge in [0, 0.05) is 19.1 Å². The smallest absolute Gasteiger partial charge is 0.310 e. The van der Waals surface area contributed by atoms with Crippen molar-refractivity contribution in [1.29, 1.82) is 0 Å². The maximum absolute atomic E-state index is 12.5. The molecule has 2 fully saturated rings. The van der Waals surface area contributed by atoms with Crippen molar-refractivity contribution in [2.24, 2.45) is 5.41 Å². The zero-order valence-electron chi connectivity index (χ0n) is 12.8. The van der Waals surface area contributed by atoms with Crippen LogP contribution in [0.15, 0.2) is 0 Å². The summed E-state index contributed by atoms with van der Waals surface area (Å²) in [5.74, 6) is -0.923. The Morgan fingerprint density at radius 1 is 1.19 bits per heavy atom. The van der Waals surface area contributed by atoms with E-state index in [2.05, 4.69) is 4.72 Å². The van der Waals surface area contributed by atoms with Gasteiger partial charge in [0.15, 0.2) is 0 Å². The van der Waals surface area contributed by atoms with Crippen LogP contribution in [0, 0.1) is 5.41 Å². The Labute approximate surface area is 127 Å². The van der Waals surface area contributed by atoms with Crippen LogP contribution in [0.5, 0.6) is 0 Å². The molecule has 6 nitrogen and oxygen atoms in total. The van der Waals surface area contributed by atoms with Crippen LogP contribution in [0.2, 0.25) is 0 Å². The molecule has 2 aliphatic rings. The van der Waals surface area contributed by atoms with Crippen molar-refractivity contribution in [1.82, 2.24) is 9.03 Å². The first-order valence-electron chi connectivity index (χ1n) is 7.76. The van der Waals surface area contributed by atoms with E-state index in [4.69, 9.17) is 0 Å². The minimum Gasteiger partial charge on any atom is -0.481 e. The van der Waals surface area contributed by atoms with Crippen LogP contribution in [-0.2, 0) is 15.0 Å². The zero-order valence-corrected chi connectivity index (χ0v) is 13.7. The highest BCUT2D eigenvalue weighted by Gasteiger charge is 2.47. The summed E-state index contributed by atoms with van der Waals surface area (Å²) in [6.45, 7) is 1.64. The highest BCUT2D eigenvalue weighted by atomic mass is 32.2. The molecule has 0 heterocycles. The minimum atomic E-state index is -3.63. The van der Waals surface area contributed by atoms with Gasteiger partial charge in [0.25, 0.3) is 10.2 Å². The molecular weight excluding hydrogens is 292 g/mol. The quantitative estimate of drug-likeness (QED) is 0.808. The van der Waals surface area contributed by atoms with Gasteiger partial charge in [0.2, 0.25) is 0 Å². The standard InChI is InChI=1S/C14H26N2O4S/c1-14(13(17)18)10-6-9-12(14)15-21(19,20)16(2)11-7-4-3-5-8-11/h11-12,15H,3-10H2,1-2H3,(H,17,18). The molecule has 2 saturated carbocycles. The molecule has 7 heteroatoms. The lowest BCUT2D eigenvalue weighted by molar-refractivity contribution is -0.148. The van der Waals surface area contributed by atoms with Gasteiger partial charge < -0.3 is 5.11 Å². The second kappa shape index (κ2) is 6.22. The van der Waals surface area contributed by atoms with Crippen molar-refractivity contribution in [3.63, 3.8) is 0 Å². The van der Waals surface area contributed by atoms with E-state index in [0.29, 0.717) is 12.8 Å². The Balaban J connectivity index is 2.08. The molecule has 2 N–H and O–H groups in total. The summed E-state index contributed by atoms with van der Waals surface area (Å²) in [7, 11) is -2.03. The number of carbonyl (C=O) groups is 1. The van der Waals surface area contributed by atoms with Gasteiger partial charge in [-0.1, -0.05) is 25.7 Å². The number of carboxylic acid groups (broad SMARTS) is 1. The van der Waals surface area contributed by atoms with Crippen molar-refractivity contribution >= 4 is 16.2 Å². The molecule has 0 bridgehead atoms. The summed E-state index contributed by atoms with van der Waals surface area (Å²) in [4.78, 5) is 11.4. The average molecular weight is 318 g/mol. The third-order valence-corrected chi connectivity index (χ3v) is 6.84. The van der Waals surface area contributed by atoms with Crippen LogP contribution in [-0.4, -0.2) is 42.9 Å². The topological polar surface area (TPSA) is 86.7 Å². The molecular formula is C14H26N2O4S. The third kappa shape index (κ3) is 3.40. The second-order valence-electron chi connectivity index (χ2n) is 6.60. The summed E-state index contributed by atoms with van der Waals surface area (Å²) in [6.07, 6.45) is 6.89. The first-order chi connectivity index (χ1) is 9.77. The number of rotatable bonds is 5. The van der Waals surface area contributed by atoms with Crippen molar-refractivity contribution in [3.8, 4) is 0 Å². The highest BCUT2D eigenvalue weighted by molar-refractivity contribution is 7.87. The largest absolute Gasteiger partial charge is 0.481 e. The van der Waals surface area contributed by atoms with E-state index in [9.17, 15) is 18.3 Å². The molecule has 0 saturated heterocycles. The molecule has 2 unspecified atom stereocenters. The Bertz CT molecular complexity index is 487. The number of carboxylic acids is 1. The highest BCUT2D eigenvalue weighted by Crippen LogP contribution is 2.38. The van der Waals surface area contributed by atoms with E-state index < -0.39 is 27.6 Å². The summed E-state index contributed by atoms with van der Waals surface area (Å²) >= 11 is 0. The average Bonchev–Trinajstić information content (AvgIpc) is 2.81. The van der Waals surface area contributed by atoms with Gasteiger partial charge in [-0.3, -0.25) is 4.79 Å². The first kappa shape index (κ1) is 16.7. The Morgan fingerprint density at radius 3 is 2.38 bits per heavy atom. The SMILES string of the molecule is CN(C1CCCCC1)S(=O)(=O)NC1CCCC1(C)C(=O)O. The monoisotopic (exact) mass is 318 g/mol. The summed E-state index contributed by atoms with van der Waals surface area (Å²) < 4.78 is 29.1. The molecule has 2 atom stereocenters. The molecule has 0 aliphatic heterocycles. The third-order valence-electron chi connectivity index (χ3n) is 5.21. The lowest BCUT2D eigenvalue weighted by Crippen LogP contribution is -2.53. The van der Waals surface area contributed by atoms with Crippen LogP contribution in [0.1, 0.15) is 58.3 Å². The predicted molar refractivity (Wildman–Crippen MR) is 80.1 cm³/mol. The number of aliphatic carboxylic acids is 1. The van der Waals surface area contributed by atoms with Gasteiger partial charge in [-0.25, -0.2) is 0 Å². The number of nitrogens with zero attached hydrogens (tertiary/aromatic N) is 1. The molecule has 122 valence electrons. The van der Waals surface area contributed by atoms with Gasteiger partial charge >= 0.3 is 5.97 Å². The van der Waals surface area contributed by atoms with Crippen LogP contribution >= 0.6 is 0 Å². The molecule has 0 aromatic carbocycles. The van der Waals surface area contributed by atoms with Crippen LogP contribution in [0.3, 0.4) is 0 Å². The van der Waals surface area contributed by atoms with Gasteiger partial charge in [0.1, 0.15) is 0 Å². The number of nitrogens with one attached hydrogen (secondary N) is 1. The fraction of sp³-hybridized carbons (Fsp3) is 0.929. The van der Waals surface area contributed by atoms with Crippen molar-refractivity contribution in [2.75, 3.05) is 7.05 Å². The van der Waals surface area contributed by atoms with E-state index in [1.54, 1.807) is 14.0 Å². The van der Waals surface area contributed by atoms with E-state index in [1.807, 2.05) is 0 Å². The number of hydrogen-bond acceptors (Lipinski definition) is 3. The molecule has 0 aromatic rings.